The Hall–Kier alpha value is -2.85. The van der Waals surface area contributed by atoms with Gasteiger partial charge in [-0.25, -0.2) is 0 Å². The molecule has 4 heteroatoms. The van der Waals surface area contributed by atoms with Crippen LogP contribution in [0, 0.1) is 0 Å². The first kappa shape index (κ1) is 18.0. The summed E-state index contributed by atoms with van der Waals surface area (Å²) in [6.45, 7) is 0.410. The third-order valence-electron chi connectivity index (χ3n) is 4.47. The molecule has 0 spiro atoms. The smallest absolute Gasteiger partial charge is 0.224 e. The molecule has 1 atom stereocenters. The summed E-state index contributed by atoms with van der Waals surface area (Å²) in [4.78, 5) is 12.4. The van der Waals surface area contributed by atoms with E-state index < -0.39 is 0 Å². The summed E-state index contributed by atoms with van der Waals surface area (Å²) in [5, 5.41) is 5.23. The molecule has 0 aliphatic heterocycles. The minimum Gasteiger partial charge on any atom is -0.497 e. The maximum atomic E-state index is 12.4. The summed E-state index contributed by atoms with van der Waals surface area (Å²) >= 11 is 0. The summed E-state index contributed by atoms with van der Waals surface area (Å²) in [7, 11) is 3.27. The third kappa shape index (κ3) is 4.21. The summed E-state index contributed by atoms with van der Waals surface area (Å²) in [5.41, 5.74) is 1.99. The van der Waals surface area contributed by atoms with Gasteiger partial charge in [0.05, 0.1) is 19.6 Å². The predicted molar refractivity (Wildman–Crippen MR) is 103 cm³/mol. The number of ether oxygens (including phenoxy) is 2. The lowest BCUT2D eigenvalue weighted by atomic mass is 10.0. The van der Waals surface area contributed by atoms with Crippen LogP contribution < -0.4 is 10.1 Å². The molecular weight excluding hydrogens is 326 g/mol. The van der Waals surface area contributed by atoms with E-state index in [-0.39, 0.29) is 12.0 Å². The van der Waals surface area contributed by atoms with Crippen molar-refractivity contribution < 1.29 is 14.3 Å². The van der Waals surface area contributed by atoms with Crippen molar-refractivity contribution in [1.82, 2.24) is 5.32 Å². The van der Waals surface area contributed by atoms with E-state index in [1.54, 1.807) is 14.2 Å². The molecule has 1 amide bonds. The maximum Gasteiger partial charge on any atom is 0.224 e. The zero-order chi connectivity index (χ0) is 18.4. The Bertz CT molecular complexity index is 886. The molecule has 0 radical (unpaired) electrons. The Labute approximate surface area is 153 Å². The van der Waals surface area contributed by atoms with Crippen LogP contribution in [-0.2, 0) is 16.0 Å². The number of fused-ring (bicyclic) bond motifs is 1. The lowest BCUT2D eigenvalue weighted by molar-refractivity contribution is -0.121. The van der Waals surface area contributed by atoms with Gasteiger partial charge in [-0.1, -0.05) is 54.6 Å². The number of carbonyl (C=O) groups excluding carboxylic acids is 1. The van der Waals surface area contributed by atoms with Crippen LogP contribution in [0.15, 0.2) is 66.7 Å². The first-order valence-corrected chi connectivity index (χ1v) is 8.61. The van der Waals surface area contributed by atoms with Crippen molar-refractivity contribution >= 4 is 16.7 Å². The molecule has 3 aromatic rings. The van der Waals surface area contributed by atoms with Gasteiger partial charge in [0.15, 0.2) is 0 Å². The lowest BCUT2D eigenvalue weighted by Crippen LogP contribution is -2.30. The summed E-state index contributed by atoms with van der Waals surface area (Å²) in [5.74, 6) is 0.748. The first-order chi connectivity index (χ1) is 12.7. The SMILES string of the molecule is COc1cccc([C@H](CNC(=O)Cc2cccc3ccccc23)OC)c1. The number of amides is 1. The summed E-state index contributed by atoms with van der Waals surface area (Å²) in [6.07, 6.45) is 0.122. The van der Waals surface area contributed by atoms with Gasteiger partial charge >= 0.3 is 0 Å². The van der Waals surface area contributed by atoms with Gasteiger partial charge in [-0.2, -0.15) is 0 Å². The van der Waals surface area contributed by atoms with Gasteiger partial charge in [-0.05, 0) is 34.0 Å². The molecule has 0 bridgehead atoms. The van der Waals surface area contributed by atoms with E-state index in [1.807, 2.05) is 54.6 Å². The van der Waals surface area contributed by atoms with Crippen LogP contribution in [0.1, 0.15) is 17.2 Å². The van der Waals surface area contributed by atoms with E-state index in [0.717, 1.165) is 27.6 Å². The van der Waals surface area contributed by atoms with Crippen LogP contribution in [0.5, 0.6) is 5.75 Å². The van der Waals surface area contributed by atoms with Crippen molar-refractivity contribution in [1.29, 1.82) is 0 Å². The van der Waals surface area contributed by atoms with E-state index in [1.165, 1.54) is 0 Å². The fraction of sp³-hybridized carbons (Fsp3) is 0.227. The average molecular weight is 349 g/mol. The number of hydrogen-bond donors (Lipinski definition) is 1. The Morgan fingerprint density at radius 1 is 1.00 bits per heavy atom. The normalized spacial score (nSPS) is 11.9. The molecule has 0 unspecified atom stereocenters. The quantitative estimate of drug-likeness (QED) is 0.704. The maximum absolute atomic E-state index is 12.4. The first-order valence-electron chi connectivity index (χ1n) is 8.61. The Balaban J connectivity index is 1.65. The molecule has 134 valence electrons. The van der Waals surface area contributed by atoms with Gasteiger partial charge < -0.3 is 14.8 Å². The second-order valence-electron chi connectivity index (χ2n) is 6.12. The van der Waals surface area contributed by atoms with Crippen molar-refractivity contribution in [3.63, 3.8) is 0 Å². The van der Waals surface area contributed by atoms with E-state index in [2.05, 4.69) is 17.4 Å². The van der Waals surface area contributed by atoms with Crippen molar-refractivity contribution in [2.24, 2.45) is 0 Å². The van der Waals surface area contributed by atoms with Gasteiger partial charge in [0.25, 0.3) is 0 Å². The number of methoxy groups -OCH3 is 2. The topological polar surface area (TPSA) is 47.6 Å². The van der Waals surface area contributed by atoms with Gasteiger partial charge in [0.1, 0.15) is 5.75 Å². The molecule has 0 saturated heterocycles. The summed E-state index contributed by atoms with van der Waals surface area (Å²) in [6, 6.07) is 21.8. The van der Waals surface area contributed by atoms with Crippen LogP contribution in [0.2, 0.25) is 0 Å². The molecule has 0 fully saturated rings. The Morgan fingerprint density at radius 2 is 1.77 bits per heavy atom. The van der Waals surface area contributed by atoms with E-state index in [0.29, 0.717) is 13.0 Å². The van der Waals surface area contributed by atoms with E-state index >= 15 is 0 Å². The van der Waals surface area contributed by atoms with Gasteiger partial charge in [-0.3, -0.25) is 4.79 Å². The fourth-order valence-electron chi connectivity index (χ4n) is 3.07. The van der Waals surface area contributed by atoms with Crippen molar-refractivity contribution in [3.05, 3.63) is 77.9 Å². The second-order valence-corrected chi connectivity index (χ2v) is 6.12. The molecule has 0 saturated carbocycles. The van der Waals surface area contributed by atoms with E-state index in [4.69, 9.17) is 9.47 Å². The van der Waals surface area contributed by atoms with Crippen molar-refractivity contribution in [2.45, 2.75) is 12.5 Å². The zero-order valence-corrected chi connectivity index (χ0v) is 15.1. The van der Waals surface area contributed by atoms with Crippen LogP contribution >= 0.6 is 0 Å². The molecular formula is C22H23NO3. The monoisotopic (exact) mass is 349 g/mol. The molecule has 1 N–H and O–H groups in total. The zero-order valence-electron chi connectivity index (χ0n) is 15.1. The van der Waals surface area contributed by atoms with Crippen molar-refractivity contribution in [2.75, 3.05) is 20.8 Å². The highest BCUT2D eigenvalue weighted by Crippen LogP contribution is 2.21. The standard InChI is InChI=1S/C22H23NO3/c1-25-19-11-6-10-18(13-19)21(26-2)15-23-22(24)14-17-9-5-8-16-7-3-4-12-20(16)17/h3-13,21H,14-15H2,1-2H3,(H,23,24)/t21-/m0/s1. The molecule has 0 aliphatic rings. The second kappa shape index (κ2) is 8.50. The van der Waals surface area contributed by atoms with Crippen LogP contribution in [0.25, 0.3) is 10.8 Å². The van der Waals surface area contributed by atoms with Gasteiger partial charge in [-0.15, -0.1) is 0 Å². The number of hydrogen-bond acceptors (Lipinski definition) is 3. The minimum atomic E-state index is -0.221. The molecule has 0 heterocycles. The predicted octanol–water partition coefficient (Wildman–Crippen LogP) is 3.89. The van der Waals surface area contributed by atoms with Crippen molar-refractivity contribution in [3.8, 4) is 5.75 Å². The number of rotatable bonds is 7. The number of benzene rings is 3. The average Bonchev–Trinajstić information content (AvgIpc) is 2.69. The molecule has 0 aromatic heterocycles. The molecule has 26 heavy (non-hydrogen) atoms. The summed E-state index contributed by atoms with van der Waals surface area (Å²) < 4.78 is 10.8. The van der Waals surface area contributed by atoms with Crippen LogP contribution in [0.3, 0.4) is 0 Å². The highest BCUT2D eigenvalue weighted by atomic mass is 16.5. The molecule has 3 rings (SSSR count). The van der Waals surface area contributed by atoms with E-state index in [9.17, 15) is 4.79 Å². The van der Waals surface area contributed by atoms with Crippen LogP contribution in [0.4, 0.5) is 0 Å². The van der Waals surface area contributed by atoms with Gasteiger partial charge in [0.2, 0.25) is 5.91 Å². The molecule has 4 nitrogen and oxygen atoms in total. The lowest BCUT2D eigenvalue weighted by Gasteiger charge is -2.17. The fourth-order valence-corrected chi connectivity index (χ4v) is 3.07. The number of carbonyl (C=O) groups is 1. The highest BCUT2D eigenvalue weighted by molar-refractivity contribution is 5.90. The Morgan fingerprint density at radius 3 is 2.58 bits per heavy atom. The molecule has 3 aromatic carbocycles. The van der Waals surface area contributed by atoms with Gasteiger partial charge in [0, 0.05) is 13.7 Å². The highest BCUT2D eigenvalue weighted by Gasteiger charge is 2.14. The third-order valence-corrected chi connectivity index (χ3v) is 4.47. The minimum absolute atomic E-state index is 0.0219. The molecule has 0 aliphatic carbocycles. The largest absolute Gasteiger partial charge is 0.497 e. The van der Waals surface area contributed by atoms with Crippen LogP contribution in [-0.4, -0.2) is 26.7 Å². The Kier molecular flexibility index (Phi) is 5.87. The number of nitrogens with one attached hydrogen (secondary N) is 1.